The van der Waals surface area contributed by atoms with Crippen LogP contribution >= 0.6 is 0 Å². The van der Waals surface area contributed by atoms with Crippen molar-refractivity contribution in [2.24, 2.45) is 0 Å². The number of quaternary nitrogens is 2. The highest BCUT2D eigenvalue weighted by Crippen LogP contribution is 2.61. The molecule has 5 heterocycles. The van der Waals surface area contributed by atoms with Gasteiger partial charge in [-0.05, 0) is 64.4 Å². The molecule has 6 aromatic rings. The molecule has 0 unspecified atom stereocenters. The summed E-state index contributed by atoms with van der Waals surface area (Å²) in [4.78, 5) is 5.33. The summed E-state index contributed by atoms with van der Waals surface area (Å²) in [7, 11) is -1.62. The van der Waals surface area contributed by atoms with Crippen LogP contribution in [-0.4, -0.2) is 31.7 Å². The van der Waals surface area contributed by atoms with Crippen LogP contribution < -0.4 is 8.97 Å². The van der Waals surface area contributed by atoms with Crippen LogP contribution in [0.15, 0.2) is 113 Å². The average Bonchev–Trinajstić information content (AvgIpc) is 3.59. The SMILES string of the molecule is CC(C)(C)c1ccnc(-n2c3ccccc3c3ccc(S(=O)(=O)c4cccc([N@@+]56[CH-][N@@+](C)(C5)c5ccc(C(C)(C)C)cc56)c4)cc32)c1. The Bertz CT molecular complexity index is 2370. The molecule has 1 saturated heterocycles. The highest BCUT2D eigenvalue weighted by atomic mass is 32.2. The summed E-state index contributed by atoms with van der Waals surface area (Å²) >= 11 is 0. The fourth-order valence-corrected chi connectivity index (χ4v) is 8.91. The lowest BCUT2D eigenvalue weighted by molar-refractivity contribution is 0.157. The smallest absolute Gasteiger partial charge is 0.206 e. The molecule has 3 aliphatic heterocycles. The predicted octanol–water partition coefficient (Wildman–Crippen LogP) is 9.29. The minimum Gasteiger partial charge on any atom is -0.325 e. The monoisotopic (exact) mass is 641 g/mol. The van der Waals surface area contributed by atoms with Crippen molar-refractivity contribution in [1.29, 1.82) is 0 Å². The third-order valence-electron chi connectivity index (χ3n) is 10.2. The van der Waals surface area contributed by atoms with Gasteiger partial charge in [0.2, 0.25) is 9.84 Å². The molecule has 47 heavy (non-hydrogen) atoms. The highest BCUT2D eigenvalue weighted by Gasteiger charge is 2.59. The Balaban J connectivity index is 1.26. The van der Waals surface area contributed by atoms with E-state index >= 15 is 0 Å². The van der Waals surface area contributed by atoms with Crippen molar-refractivity contribution in [1.82, 2.24) is 18.5 Å². The van der Waals surface area contributed by atoms with Crippen LogP contribution in [0.25, 0.3) is 27.6 Å². The van der Waals surface area contributed by atoms with Gasteiger partial charge >= 0.3 is 0 Å². The number of nitrogens with zero attached hydrogens (tertiary/aromatic N) is 4. The summed E-state index contributed by atoms with van der Waals surface area (Å²) in [5.74, 6) is 0.771. The van der Waals surface area contributed by atoms with Crippen molar-refractivity contribution in [3.8, 4) is 5.82 Å². The van der Waals surface area contributed by atoms with Gasteiger partial charge in [0.25, 0.3) is 0 Å². The number of para-hydroxylation sites is 1. The number of hydrogen-bond donors (Lipinski definition) is 0. The first-order valence-electron chi connectivity index (χ1n) is 16.2. The summed E-state index contributed by atoms with van der Waals surface area (Å²) < 4.78 is 32.3. The molecule has 7 heteroatoms. The van der Waals surface area contributed by atoms with E-state index in [0.29, 0.717) is 9.38 Å². The van der Waals surface area contributed by atoms with Crippen LogP contribution in [0.2, 0.25) is 0 Å². The van der Waals surface area contributed by atoms with Crippen molar-refractivity contribution in [3.05, 3.63) is 121 Å². The second kappa shape index (κ2) is 9.63. The molecule has 238 valence electrons. The maximum atomic E-state index is 14.5. The summed E-state index contributed by atoms with van der Waals surface area (Å²) in [5.41, 5.74) is 7.66. The topological polar surface area (TPSA) is 52.0 Å². The van der Waals surface area contributed by atoms with E-state index < -0.39 is 9.84 Å². The van der Waals surface area contributed by atoms with Gasteiger partial charge in [-0.3, -0.25) is 9.05 Å². The van der Waals surface area contributed by atoms with Gasteiger partial charge in [0, 0.05) is 35.2 Å². The van der Waals surface area contributed by atoms with E-state index in [0.717, 1.165) is 50.0 Å². The second-order valence-electron chi connectivity index (χ2n) is 15.5. The van der Waals surface area contributed by atoms with Gasteiger partial charge in [0.1, 0.15) is 11.5 Å². The molecule has 0 saturated carbocycles. The maximum Gasteiger partial charge on any atom is 0.206 e. The fourth-order valence-electron chi connectivity index (χ4n) is 7.59. The third kappa shape index (κ3) is 4.37. The number of pyridine rings is 1. The van der Waals surface area contributed by atoms with Crippen molar-refractivity contribution >= 4 is 48.7 Å². The number of rotatable bonds is 4. The average molecular weight is 642 g/mol. The van der Waals surface area contributed by atoms with E-state index in [9.17, 15) is 8.42 Å². The van der Waals surface area contributed by atoms with Crippen molar-refractivity contribution in [2.45, 2.75) is 62.2 Å². The van der Waals surface area contributed by atoms with E-state index in [-0.39, 0.29) is 15.7 Å². The molecule has 0 aliphatic carbocycles. The lowest BCUT2D eigenvalue weighted by Crippen LogP contribution is -2.68. The molecule has 2 atom stereocenters. The molecular formula is C40H41N4O2S+. The Morgan fingerprint density at radius 3 is 2.13 bits per heavy atom. The third-order valence-corrected chi connectivity index (χ3v) is 11.9. The zero-order chi connectivity index (χ0) is 33.1. The Hall–Kier alpha value is -4.30. The van der Waals surface area contributed by atoms with Crippen LogP contribution in [0.3, 0.4) is 0 Å². The van der Waals surface area contributed by atoms with Crippen LogP contribution in [0.4, 0.5) is 17.1 Å². The van der Waals surface area contributed by atoms with Gasteiger partial charge in [-0.25, -0.2) is 13.4 Å². The maximum absolute atomic E-state index is 14.5. The Kier molecular flexibility index (Phi) is 6.16. The minimum atomic E-state index is -3.85. The fraction of sp³-hybridized carbons (Fsp3) is 0.250. The molecule has 0 radical (unpaired) electrons. The minimum absolute atomic E-state index is 0.0108. The van der Waals surface area contributed by atoms with Crippen molar-refractivity contribution < 1.29 is 8.42 Å². The molecular weight excluding hydrogens is 601 g/mol. The van der Waals surface area contributed by atoms with Crippen molar-refractivity contribution in [2.75, 3.05) is 13.7 Å². The van der Waals surface area contributed by atoms with Crippen molar-refractivity contribution in [3.63, 3.8) is 0 Å². The number of hydrogen-bond acceptors (Lipinski definition) is 3. The molecule has 3 aliphatic rings. The number of sulfone groups is 1. The number of fused-ring (bicyclic) bond motifs is 3. The first kappa shape index (κ1) is 30.1. The number of aromatic nitrogens is 2. The second-order valence-corrected chi connectivity index (χ2v) is 17.5. The molecule has 2 aromatic heterocycles. The quantitative estimate of drug-likeness (QED) is 0.142. The van der Waals surface area contributed by atoms with Gasteiger partial charge in [-0.1, -0.05) is 77.9 Å². The normalized spacial score (nSPS) is 20.8. The van der Waals surface area contributed by atoms with E-state index in [2.05, 4.69) is 102 Å². The molecule has 6 nitrogen and oxygen atoms in total. The summed E-state index contributed by atoms with van der Waals surface area (Å²) in [6.07, 6.45) is 1.84. The molecule has 0 N–H and O–H groups in total. The Labute approximate surface area is 277 Å². The first-order valence-corrected chi connectivity index (χ1v) is 17.7. The largest absolute Gasteiger partial charge is 0.325 e. The van der Waals surface area contributed by atoms with Crippen LogP contribution in [-0.2, 0) is 20.7 Å². The van der Waals surface area contributed by atoms with Gasteiger partial charge in [0.05, 0.1) is 34.5 Å². The van der Waals surface area contributed by atoms with Crippen LogP contribution in [0, 0.1) is 6.67 Å². The van der Waals surface area contributed by atoms with Gasteiger partial charge in [0.15, 0.2) is 18.0 Å². The molecule has 4 aromatic carbocycles. The highest BCUT2D eigenvalue weighted by molar-refractivity contribution is 7.91. The zero-order valence-electron chi connectivity index (χ0n) is 28.1. The molecule has 9 rings (SSSR count). The lowest BCUT2D eigenvalue weighted by Gasteiger charge is -2.54. The first-order chi connectivity index (χ1) is 22.1. The molecule has 0 spiro atoms. The van der Waals surface area contributed by atoms with E-state index in [4.69, 9.17) is 4.98 Å². The van der Waals surface area contributed by atoms with E-state index in [1.807, 2.05) is 48.7 Å². The Morgan fingerprint density at radius 2 is 1.38 bits per heavy atom. The molecule has 2 bridgehead atoms. The van der Waals surface area contributed by atoms with Crippen LogP contribution in [0.5, 0.6) is 0 Å². The zero-order valence-corrected chi connectivity index (χ0v) is 28.9. The molecule has 0 amide bonds. The van der Waals surface area contributed by atoms with Crippen LogP contribution in [0.1, 0.15) is 52.7 Å². The molecule has 1 fully saturated rings. The Morgan fingerprint density at radius 1 is 0.702 bits per heavy atom. The van der Waals surface area contributed by atoms with E-state index in [1.54, 1.807) is 12.1 Å². The summed E-state index contributed by atoms with van der Waals surface area (Å²) in [6.45, 7) is 16.4. The lowest BCUT2D eigenvalue weighted by atomic mass is 9.86. The summed E-state index contributed by atoms with van der Waals surface area (Å²) in [6, 6.07) is 32.2. The predicted molar refractivity (Wildman–Crippen MR) is 193 cm³/mol. The van der Waals surface area contributed by atoms with E-state index in [1.165, 1.54) is 16.9 Å². The standard InChI is InChI=1S/C40H41N4O2S/c1-39(2,3)27-15-18-36-37(21-27)44(25-43(36,7)26-44)29-11-10-12-30(23-29)47(45,46)31-16-17-33-32-13-8-9-14-34(32)42(35(33)24-31)38-22-28(19-20-41-38)40(4,5)6/h8-25H,26H2,1-7H3/q+1/t43-,44+/m0/s1. The van der Waals surface area contributed by atoms with Gasteiger partial charge < -0.3 is 4.48 Å². The van der Waals surface area contributed by atoms with Gasteiger partial charge in [-0.2, -0.15) is 0 Å². The number of benzene rings is 4. The summed E-state index contributed by atoms with van der Waals surface area (Å²) in [5, 5.41) is 2.05. The van der Waals surface area contributed by atoms with Gasteiger partial charge in [-0.15, -0.1) is 0 Å².